The van der Waals surface area contributed by atoms with E-state index >= 15 is 0 Å². The topological polar surface area (TPSA) is 237 Å². The Balaban J connectivity index is 5.23. The second kappa shape index (κ2) is 60.7. The van der Waals surface area contributed by atoms with Crippen molar-refractivity contribution in [2.24, 2.45) is 23.7 Å². The Bertz CT molecular complexity index is 1790. The highest BCUT2D eigenvalue weighted by Crippen LogP contribution is 2.45. The zero-order valence-electron chi connectivity index (χ0n) is 58.8. The summed E-state index contributed by atoms with van der Waals surface area (Å²) in [6.45, 7) is 14.1. The van der Waals surface area contributed by atoms with Gasteiger partial charge in [-0.3, -0.25) is 37.3 Å². The van der Waals surface area contributed by atoms with E-state index in [2.05, 4.69) is 55.4 Å². The number of aliphatic hydroxyl groups excluding tert-OH is 1. The van der Waals surface area contributed by atoms with Crippen molar-refractivity contribution in [3.63, 3.8) is 0 Å². The van der Waals surface area contributed by atoms with E-state index in [0.29, 0.717) is 31.6 Å². The van der Waals surface area contributed by atoms with Crippen LogP contribution in [0.1, 0.15) is 351 Å². The molecule has 4 unspecified atom stereocenters. The molecule has 7 atom stereocenters. The van der Waals surface area contributed by atoms with Gasteiger partial charge in [-0.25, -0.2) is 9.13 Å². The highest BCUT2D eigenvalue weighted by molar-refractivity contribution is 7.47. The van der Waals surface area contributed by atoms with Crippen LogP contribution in [0.25, 0.3) is 0 Å². The van der Waals surface area contributed by atoms with Crippen LogP contribution in [0.4, 0.5) is 0 Å². The molecule has 0 amide bonds. The van der Waals surface area contributed by atoms with Crippen molar-refractivity contribution in [2.75, 3.05) is 39.6 Å². The molecule has 0 heterocycles. The molecule has 19 heteroatoms. The molecule has 17 nitrogen and oxygen atoms in total. The van der Waals surface area contributed by atoms with Gasteiger partial charge in [0.15, 0.2) is 12.2 Å². The first-order valence-corrected chi connectivity index (χ1v) is 39.8. The van der Waals surface area contributed by atoms with Crippen LogP contribution in [-0.2, 0) is 65.4 Å². The normalized spacial score (nSPS) is 14.9. The van der Waals surface area contributed by atoms with E-state index in [9.17, 15) is 43.2 Å². The lowest BCUT2D eigenvalue weighted by Gasteiger charge is -2.21. The lowest BCUT2D eigenvalue weighted by molar-refractivity contribution is -0.161. The molecule has 0 saturated heterocycles. The number of hydrogen-bond donors (Lipinski definition) is 3. The lowest BCUT2D eigenvalue weighted by Crippen LogP contribution is -2.30. The lowest BCUT2D eigenvalue weighted by atomic mass is 9.99. The molecule has 0 radical (unpaired) electrons. The third-order valence-electron chi connectivity index (χ3n) is 17.0. The molecule has 0 fully saturated rings. The Hall–Kier alpha value is -1.94. The van der Waals surface area contributed by atoms with Gasteiger partial charge in [-0.05, 0) is 49.4 Å². The van der Waals surface area contributed by atoms with Crippen molar-refractivity contribution in [1.82, 2.24) is 0 Å². The fourth-order valence-corrected chi connectivity index (χ4v) is 12.2. The predicted molar refractivity (Wildman–Crippen MR) is 363 cm³/mol. The number of hydrogen-bond acceptors (Lipinski definition) is 15. The minimum absolute atomic E-state index is 0.104. The first-order chi connectivity index (χ1) is 43.2. The van der Waals surface area contributed by atoms with Gasteiger partial charge >= 0.3 is 39.5 Å². The quantitative estimate of drug-likeness (QED) is 0.0222. The zero-order chi connectivity index (χ0) is 66.8. The standard InChI is InChI=1S/C71H138O17P2/c1-9-63(7)49-41-33-25-19-15-13-11-12-14-16-20-26-37-45-53-70(75)88-67(58-82-69(74)52-44-36-30-29-34-42-50-64(8)10-2)60-86-90(79,80)84-56-65(72)55-83-89(77,78)85-59-66(57-81-68(73)51-43-35-28-22-24-32-40-48-62(5)6)87-71(76)54-46-38-27-21-17-18-23-31-39-47-61(3)4/h61-67,72H,9-60H2,1-8H3,(H,77,78)(H,79,80)/t63?,64?,65-,66-,67-/m1/s1. The maximum atomic E-state index is 13.0. The smallest absolute Gasteiger partial charge is 0.462 e. The van der Waals surface area contributed by atoms with E-state index in [1.165, 1.54) is 141 Å². The molecule has 3 N–H and O–H groups in total. The average molecular weight is 1330 g/mol. The van der Waals surface area contributed by atoms with Gasteiger partial charge in [0, 0.05) is 25.7 Å². The summed E-state index contributed by atoms with van der Waals surface area (Å²) in [5.41, 5.74) is 0. The number of phosphoric acid groups is 2. The van der Waals surface area contributed by atoms with Gasteiger partial charge in [-0.2, -0.15) is 0 Å². The van der Waals surface area contributed by atoms with E-state index in [-0.39, 0.29) is 25.7 Å². The van der Waals surface area contributed by atoms with E-state index in [4.69, 9.17) is 37.0 Å². The van der Waals surface area contributed by atoms with Crippen LogP contribution in [-0.4, -0.2) is 96.7 Å². The number of rotatable bonds is 68. The fourth-order valence-electron chi connectivity index (χ4n) is 10.6. The summed E-state index contributed by atoms with van der Waals surface area (Å²) >= 11 is 0. The second-order valence-electron chi connectivity index (χ2n) is 27.1. The summed E-state index contributed by atoms with van der Waals surface area (Å²) in [6.07, 6.45) is 43.1. The first-order valence-electron chi connectivity index (χ1n) is 36.8. The third kappa shape index (κ3) is 62.2. The number of carbonyl (C=O) groups excluding carboxylic acids is 4. The summed E-state index contributed by atoms with van der Waals surface area (Å²) in [6, 6.07) is 0. The highest BCUT2D eigenvalue weighted by Gasteiger charge is 2.30. The van der Waals surface area contributed by atoms with Crippen LogP contribution < -0.4 is 0 Å². The van der Waals surface area contributed by atoms with E-state index in [1.807, 2.05) is 0 Å². The molecule has 0 aromatic rings. The van der Waals surface area contributed by atoms with Gasteiger partial charge in [0.1, 0.15) is 19.3 Å². The molecule has 0 aliphatic rings. The van der Waals surface area contributed by atoms with Gasteiger partial charge in [-0.1, -0.05) is 299 Å². The zero-order valence-corrected chi connectivity index (χ0v) is 60.6. The van der Waals surface area contributed by atoms with Gasteiger partial charge < -0.3 is 33.8 Å². The monoisotopic (exact) mass is 1320 g/mol. The Morgan fingerprint density at radius 1 is 0.311 bits per heavy atom. The molecule has 90 heavy (non-hydrogen) atoms. The predicted octanol–water partition coefficient (Wildman–Crippen LogP) is 20.1. The van der Waals surface area contributed by atoms with Crippen LogP contribution in [0.5, 0.6) is 0 Å². The van der Waals surface area contributed by atoms with E-state index in [0.717, 1.165) is 120 Å². The minimum Gasteiger partial charge on any atom is -0.462 e. The van der Waals surface area contributed by atoms with Crippen LogP contribution in [0, 0.1) is 23.7 Å². The van der Waals surface area contributed by atoms with Crippen molar-refractivity contribution in [2.45, 2.75) is 369 Å². The largest absolute Gasteiger partial charge is 0.472 e. The van der Waals surface area contributed by atoms with Crippen molar-refractivity contribution >= 4 is 39.5 Å². The summed E-state index contributed by atoms with van der Waals surface area (Å²) in [7, 11) is -9.90. The number of unbranched alkanes of at least 4 members (excludes halogenated alkanes) is 32. The number of phosphoric ester groups is 2. The number of aliphatic hydroxyl groups is 1. The number of esters is 4. The average Bonchev–Trinajstić information content (AvgIpc) is 3.42. The fraction of sp³-hybridized carbons (Fsp3) is 0.944. The maximum absolute atomic E-state index is 13.0. The van der Waals surface area contributed by atoms with E-state index < -0.39 is 97.5 Å². The molecule has 0 saturated carbocycles. The molecule has 0 rings (SSSR count). The first kappa shape index (κ1) is 88.1. The molecule has 534 valence electrons. The SMILES string of the molecule is CCC(C)CCCCCCCCCCCCCCCCC(=O)O[C@H](COC(=O)CCCCCCCCC(C)CC)COP(=O)(O)OC[C@H](O)COP(=O)(O)OC[C@@H](COC(=O)CCCCCCCCCC(C)C)OC(=O)CCCCCCCCCCCC(C)C. The molecular formula is C71H138O17P2. The molecule has 0 spiro atoms. The Kier molecular flexibility index (Phi) is 59.4. The Morgan fingerprint density at radius 3 is 0.789 bits per heavy atom. The Labute approximate surface area is 549 Å². The van der Waals surface area contributed by atoms with Crippen LogP contribution >= 0.6 is 15.6 Å². The molecule has 0 aliphatic heterocycles. The van der Waals surface area contributed by atoms with Gasteiger partial charge in [-0.15, -0.1) is 0 Å². The van der Waals surface area contributed by atoms with Crippen LogP contribution in [0.2, 0.25) is 0 Å². The maximum Gasteiger partial charge on any atom is 0.472 e. The van der Waals surface area contributed by atoms with Crippen LogP contribution in [0.15, 0.2) is 0 Å². The van der Waals surface area contributed by atoms with Crippen molar-refractivity contribution < 1.29 is 80.2 Å². The Morgan fingerprint density at radius 2 is 0.533 bits per heavy atom. The minimum atomic E-state index is -4.95. The third-order valence-corrected chi connectivity index (χ3v) is 18.9. The van der Waals surface area contributed by atoms with Crippen molar-refractivity contribution in [1.29, 1.82) is 0 Å². The van der Waals surface area contributed by atoms with Crippen molar-refractivity contribution in [3.05, 3.63) is 0 Å². The van der Waals surface area contributed by atoms with Gasteiger partial charge in [0.2, 0.25) is 0 Å². The van der Waals surface area contributed by atoms with Gasteiger partial charge in [0.25, 0.3) is 0 Å². The number of carbonyl (C=O) groups is 4. The summed E-state index contributed by atoms with van der Waals surface area (Å²) < 4.78 is 68.3. The highest BCUT2D eigenvalue weighted by atomic mass is 31.2. The van der Waals surface area contributed by atoms with Crippen molar-refractivity contribution in [3.8, 4) is 0 Å². The second-order valence-corrected chi connectivity index (χ2v) is 30.0. The summed E-state index contributed by atoms with van der Waals surface area (Å²) in [5, 5.41) is 10.6. The van der Waals surface area contributed by atoms with E-state index in [1.54, 1.807) is 0 Å². The van der Waals surface area contributed by atoms with Crippen LogP contribution in [0.3, 0.4) is 0 Å². The molecular weight excluding hydrogens is 1190 g/mol. The molecule has 0 bridgehead atoms. The molecule has 0 aromatic heterocycles. The molecule has 0 aliphatic carbocycles. The summed E-state index contributed by atoms with van der Waals surface area (Å²) in [4.78, 5) is 72.5. The summed E-state index contributed by atoms with van der Waals surface area (Å²) in [5.74, 6) is 0.888. The molecule has 0 aromatic carbocycles. The van der Waals surface area contributed by atoms with Gasteiger partial charge in [0.05, 0.1) is 26.4 Å². The number of ether oxygens (including phenoxy) is 4.